The molecule has 50 valence electrons. The van der Waals surface area contributed by atoms with Crippen molar-refractivity contribution in [2.45, 2.75) is 0 Å². The summed E-state index contributed by atoms with van der Waals surface area (Å²) in [6, 6.07) is 3.77. The maximum atomic E-state index is 5.73. The summed E-state index contributed by atoms with van der Waals surface area (Å²) in [6.07, 6.45) is 5.33. The van der Waals surface area contributed by atoms with Crippen molar-refractivity contribution in [3.8, 4) is 0 Å². The number of nitrogens with zero attached hydrogens (tertiary/aromatic N) is 2. The molecule has 0 atom stereocenters. The lowest BCUT2D eigenvalue weighted by atomic mass is 10.4. The Morgan fingerprint density at radius 3 is 3.20 bits per heavy atom. The maximum Gasteiger partial charge on any atom is 0.0992 e. The zero-order chi connectivity index (χ0) is 6.97. The number of imidazole rings is 1. The van der Waals surface area contributed by atoms with Gasteiger partial charge in [0, 0.05) is 6.20 Å². The molecular weight excluding hydrogens is 148 g/mol. The van der Waals surface area contributed by atoms with Crippen molar-refractivity contribution in [3.63, 3.8) is 0 Å². The van der Waals surface area contributed by atoms with Gasteiger partial charge in [0.25, 0.3) is 0 Å². The van der Waals surface area contributed by atoms with Gasteiger partial charge in [0.2, 0.25) is 0 Å². The molecule has 0 aliphatic heterocycles. The molecule has 10 heavy (non-hydrogen) atoms. The molecule has 0 unspecified atom stereocenters. The van der Waals surface area contributed by atoms with Gasteiger partial charge in [-0.2, -0.15) is 0 Å². The quantitative estimate of drug-likeness (QED) is 0.564. The number of halogens is 1. The Morgan fingerprint density at radius 2 is 2.30 bits per heavy atom. The van der Waals surface area contributed by atoms with E-state index in [9.17, 15) is 0 Å². The highest BCUT2D eigenvalue weighted by Gasteiger charge is 1.91. The summed E-state index contributed by atoms with van der Waals surface area (Å²) in [4.78, 5) is 3.95. The fraction of sp³-hybridized carbons (Fsp3) is 0. The summed E-state index contributed by atoms with van der Waals surface area (Å²) >= 11 is 5.73. The van der Waals surface area contributed by atoms with E-state index < -0.39 is 0 Å². The Balaban J connectivity index is 2.86. The van der Waals surface area contributed by atoms with Crippen LogP contribution in [0.4, 0.5) is 0 Å². The monoisotopic (exact) mass is 152 g/mol. The van der Waals surface area contributed by atoms with E-state index in [1.54, 1.807) is 12.5 Å². The van der Waals surface area contributed by atoms with Gasteiger partial charge >= 0.3 is 0 Å². The van der Waals surface area contributed by atoms with Crippen molar-refractivity contribution in [2.75, 3.05) is 0 Å². The molecule has 2 rings (SSSR count). The Morgan fingerprint density at radius 1 is 1.40 bits per heavy atom. The highest BCUT2D eigenvalue weighted by atomic mass is 35.5. The predicted molar refractivity (Wildman–Crippen MR) is 40.2 cm³/mol. The average molecular weight is 153 g/mol. The predicted octanol–water partition coefficient (Wildman–Crippen LogP) is 1.99. The molecule has 2 nitrogen and oxygen atoms in total. The molecule has 2 aromatic rings. The highest BCUT2D eigenvalue weighted by Crippen LogP contribution is 2.09. The first-order valence-corrected chi connectivity index (χ1v) is 3.31. The van der Waals surface area contributed by atoms with Gasteiger partial charge in [-0.15, -0.1) is 0 Å². The second kappa shape index (κ2) is 1.99. The van der Waals surface area contributed by atoms with Crippen LogP contribution in [0.1, 0.15) is 0 Å². The van der Waals surface area contributed by atoms with Crippen LogP contribution in [0.3, 0.4) is 0 Å². The largest absolute Gasteiger partial charge is 0.305 e. The lowest BCUT2D eigenvalue weighted by Gasteiger charge is -1.91. The maximum absolute atomic E-state index is 5.73. The molecule has 0 fully saturated rings. The molecule has 0 bridgehead atoms. The fourth-order valence-electron chi connectivity index (χ4n) is 0.893. The van der Waals surface area contributed by atoms with Crippen LogP contribution in [-0.2, 0) is 0 Å². The van der Waals surface area contributed by atoms with E-state index in [4.69, 9.17) is 11.6 Å². The second-order valence-electron chi connectivity index (χ2n) is 2.07. The molecule has 0 N–H and O–H groups in total. The normalized spacial score (nSPS) is 10.5. The number of fused-ring (bicyclic) bond motifs is 1. The minimum Gasteiger partial charge on any atom is -0.305 e. The summed E-state index contributed by atoms with van der Waals surface area (Å²) < 4.78 is 1.88. The lowest BCUT2D eigenvalue weighted by molar-refractivity contribution is 1.15. The number of hydrogen-bond acceptors (Lipinski definition) is 1. The number of rotatable bonds is 0. The number of aromatic nitrogens is 2. The zero-order valence-corrected chi connectivity index (χ0v) is 5.92. The number of pyridine rings is 1. The molecule has 0 aromatic carbocycles. The summed E-state index contributed by atoms with van der Waals surface area (Å²) in [6.45, 7) is 0. The lowest BCUT2D eigenvalue weighted by Crippen LogP contribution is -1.78. The smallest absolute Gasteiger partial charge is 0.0992 e. The molecule has 0 amide bonds. The SMILES string of the molecule is Clc1ccc2cncn2c1. The van der Waals surface area contributed by atoms with E-state index in [0.717, 1.165) is 10.5 Å². The average Bonchev–Trinajstić information content (AvgIpc) is 2.33. The molecule has 0 spiro atoms. The molecule has 0 aliphatic carbocycles. The standard InChI is InChI=1S/C7H5ClN2/c8-6-1-2-7-3-9-5-10(7)4-6/h1-5H. The summed E-state index contributed by atoms with van der Waals surface area (Å²) in [5.41, 5.74) is 1.06. The highest BCUT2D eigenvalue weighted by molar-refractivity contribution is 6.30. The minimum atomic E-state index is 0.727. The van der Waals surface area contributed by atoms with Crippen molar-refractivity contribution in [1.29, 1.82) is 0 Å². The van der Waals surface area contributed by atoms with E-state index >= 15 is 0 Å². The van der Waals surface area contributed by atoms with Gasteiger partial charge in [-0.3, -0.25) is 0 Å². The van der Waals surface area contributed by atoms with Gasteiger partial charge in [-0.05, 0) is 12.1 Å². The van der Waals surface area contributed by atoms with Gasteiger partial charge in [0.1, 0.15) is 0 Å². The van der Waals surface area contributed by atoms with Crippen LogP contribution >= 0.6 is 11.6 Å². The first-order valence-electron chi connectivity index (χ1n) is 2.93. The van der Waals surface area contributed by atoms with E-state index in [1.165, 1.54) is 0 Å². The molecule has 0 saturated carbocycles. The Bertz CT molecular complexity index is 353. The Kier molecular flexibility index (Phi) is 1.14. The summed E-state index contributed by atoms with van der Waals surface area (Å²) in [7, 11) is 0. The van der Waals surface area contributed by atoms with Crippen LogP contribution in [0.2, 0.25) is 5.02 Å². The fourth-order valence-corrected chi connectivity index (χ4v) is 1.06. The first-order chi connectivity index (χ1) is 4.86. The molecular formula is C7H5ClN2. The molecule has 2 heterocycles. The van der Waals surface area contributed by atoms with Crippen LogP contribution in [0.25, 0.3) is 5.52 Å². The van der Waals surface area contributed by atoms with Gasteiger partial charge in [-0.1, -0.05) is 11.6 Å². The minimum absolute atomic E-state index is 0.727. The van der Waals surface area contributed by atoms with Crippen LogP contribution in [-0.4, -0.2) is 9.38 Å². The van der Waals surface area contributed by atoms with Gasteiger partial charge in [0.05, 0.1) is 23.1 Å². The van der Waals surface area contributed by atoms with Crippen molar-refractivity contribution in [2.24, 2.45) is 0 Å². The van der Waals surface area contributed by atoms with Crippen molar-refractivity contribution in [1.82, 2.24) is 9.38 Å². The molecule has 3 heteroatoms. The molecule has 0 saturated heterocycles. The van der Waals surface area contributed by atoms with Crippen LogP contribution in [0.5, 0.6) is 0 Å². The summed E-state index contributed by atoms with van der Waals surface area (Å²) in [5, 5.41) is 0.727. The Hall–Kier alpha value is -1.02. The number of hydrogen-bond donors (Lipinski definition) is 0. The third-order valence-electron chi connectivity index (χ3n) is 1.37. The second-order valence-corrected chi connectivity index (χ2v) is 2.51. The molecule has 0 radical (unpaired) electrons. The van der Waals surface area contributed by atoms with E-state index in [1.807, 2.05) is 22.7 Å². The van der Waals surface area contributed by atoms with Crippen molar-refractivity contribution < 1.29 is 0 Å². The zero-order valence-electron chi connectivity index (χ0n) is 5.16. The van der Waals surface area contributed by atoms with E-state index in [-0.39, 0.29) is 0 Å². The van der Waals surface area contributed by atoms with E-state index in [2.05, 4.69) is 4.98 Å². The van der Waals surface area contributed by atoms with Crippen LogP contribution < -0.4 is 0 Å². The van der Waals surface area contributed by atoms with Crippen molar-refractivity contribution in [3.05, 3.63) is 35.9 Å². The van der Waals surface area contributed by atoms with Crippen LogP contribution in [0.15, 0.2) is 30.9 Å². The first kappa shape index (κ1) is 5.74. The van der Waals surface area contributed by atoms with Crippen LogP contribution in [0, 0.1) is 0 Å². The van der Waals surface area contributed by atoms with Crippen molar-refractivity contribution >= 4 is 17.1 Å². The molecule has 0 aliphatic rings. The third-order valence-corrected chi connectivity index (χ3v) is 1.60. The third kappa shape index (κ3) is 0.772. The van der Waals surface area contributed by atoms with E-state index in [0.29, 0.717) is 0 Å². The van der Waals surface area contributed by atoms with Gasteiger partial charge in [-0.25, -0.2) is 4.98 Å². The topological polar surface area (TPSA) is 17.3 Å². The van der Waals surface area contributed by atoms with Gasteiger partial charge < -0.3 is 4.40 Å². The Labute approximate surface area is 63.1 Å². The summed E-state index contributed by atoms with van der Waals surface area (Å²) in [5.74, 6) is 0. The van der Waals surface area contributed by atoms with Gasteiger partial charge in [0.15, 0.2) is 0 Å². The molecule has 2 aromatic heterocycles.